The monoisotopic (exact) mass is 167 g/mol. The van der Waals surface area contributed by atoms with E-state index in [1.165, 1.54) is 0 Å². The molecule has 0 radical (unpaired) electrons. The molecule has 0 saturated carbocycles. The van der Waals surface area contributed by atoms with E-state index < -0.39 is 0 Å². The summed E-state index contributed by atoms with van der Waals surface area (Å²) in [6.45, 7) is 1.95. The zero-order chi connectivity index (χ0) is 7.84. The summed E-state index contributed by atoms with van der Waals surface area (Å²) in [5, 5.41) is 5.36. The number of nitrogens with zero attached hydrogens (tertiary/aromatic N) is 1. The van der Waals surface area contributed by atoms with Gasteiger partial charge < -0.3 is 4.52 Å². The van der Waals surface area contributed by atoms with Crippen molar-refractivity contribution in [1.82, 2.24) is 5.16 Å². The molecule has 0 saturated heterocycles. The summed E-state index contributed by atoms with van der Waals surface area (Å²) >= 11 is 5.86. The van der Waals surface area contributed by atoms with Crippen molar-refractivity contribution in [3.8, 4) is 0 Å². The lowest BCUT2D eigenvalue weighted by Crippen LogP contribution is -1.72. The Kier molecular flexibility index (Phi) is 1.36. The lowest BCUT2D eigenvalue weighted by molar-refractivity contribution is 0.456. The number of benzene rings is 1. The second kappa shape index (κ2) is 2.24. The number of hydrogen-bond acceptors (Lipinski definition) is 2. The average molecular weight is 168 g/mol. The molecule has 0 amide bonds. The molecule has 2 aromatic rings. The molecule has 0 aliphatic heterocycles. The molecular weight excluding hydrogens is 162 g/mol. The van der Waals surface area contributed by atoms with E-state index in [4.69, 9.17) is 16.1 Å². The summed E-state index contributed by atoms with van der Waals surface area (Å²) in [7, 11) is 0. The van der Waals surface area contributed by atoms with E-state index in [1.807, 2.05) is 13.0 Å². The molecule has 0 N–H and O–H groups in total. The van der Waals surface area contributed by atoms with Crippen LogP contribution in [0.1, 0.15) is 5.56 Å². The largest absolute Gasteiger partial charge is 0.356 e. The molecule has 11 heavy (non-hydrogen) atoms. The third-order valence-corrected chi connectivity index (χ3v) is 2.04. The molecule has 0 spiro atoms. The zero-order valence-electron chi connectivity index (χ0n) is 5.97. The van der Waals surface area contributed by atoms with Crippen LogP contribution in [0.4, 0.5) is 0 Å². The van der Waals surface area contributed by atoms with E-state index in [1.54, 1.807) is 12.3 Å². The van der Waals surface area contributed by atoms with Crippen LogP contribution in [0.15, 0.2) is 22.9 Å². The van der Waals surface area contributed by atoms with E-state index in [2.05, 4.69) is 5.16 Å². The fourth-order valence-electron chi connectivity index (χ4n) is 1.01. The fraction of sp³-hybridized carbons (Fsp3) is 0.125. The molecule has 1 aromatic heterocycles. The summed E-state index contributed by atoms with van der Waals surface area (Å²) in [4.78, 5) is 0. The normalized spacial score (nSPS) is 10.7. The van der Waals surface area contributed by atoms with Crippen LogP contribution < -0.4 is 0 Å². The highest BCUT2D eigenvalue weighted by Gasteiger charge is 2.01. The molecule has 0 fully saturated rings. The molecule has 0 bridgehead atoms. The van der Waals surface area contributed by atoms with E-state index in [0.717, 1.165) is 16.5 Å². The van der Waals surface area contributed by atoms with Gasteiger partial charge in [-0.1, -0.05) is 16.8 Å². The van der Waals surface area contributed by atoms with Crippen LogP contribution >= 0.6 is 11.6 Å². The maximum absolute atomic E-state index is 5.86. The third kappa shape index (κ3) is 0.994. The van der Waals surface area contributed by atoms with E-state index in [0.29, 0.717) is 5.02 Å². The summed E-state index contributed by atoms with van der Waals surface area (Å²) in [6.07, 6.45) is 1.68. The van der Waals surface area contributed by atoms with E-state index >= 15 is 0 Å². The van der Waals surface area contributed by atoms with Crippen molar-refractivity contribution < 1.29 is 4.52 Å². The quantitative estimate of drug-likeness (QED) is 0.603. The molecule has 0 atom stereocenters. The van der Waals surface area contributed by atoms with Gasteiger partial charge in [0.2, 0.25) is 0 Å². The van der Waals surface area contributed by atoms with Gasteiger partial charge in [-0.25, -0.2) is 0 Å². The summed E-state index contributed by atoms with van der Waals surface area (Å²) in [5.41, 5.74) is 1.78. The van der Waals surface area contributed by atoms with Crippen molar-refractivity contribution in [2.45, 2.75) is 6.92 Å². The number of rotatable bonds is 0. The first-order chi connectivity index (χ1) is 5.27. The topological polar surface area (TPSA) is 26.0 Å². The van der Waals surface area contributed by atoms with Crippen molar-refractivity contribution >= 4 is 22.6 Å². The lowest BCUT2D eigenvalue weighted by Gasteiger charge is -1.93. The summed E-state index contributed by atoms with van der Waals surface area (Å²) in [6, 6.07) is 3.73. The molecule has 3 heteroatoms. The van der Waals surface area contributed by atoms with Gasteiger partial charge in [-0.15, -0.1) is 0 Å². The lowest BCUT2D eigenvalue weighted by atomic mass is 10.2. The minimum Gasteiger partial charge on any atom is -0.356 e. The second-order valence-corrected chi connectivity index (χ2v) is 2.87. The van der Waals surface area contributed by atoms with Crippen molar-refractivity contribution in [2.24, 2.45) is 0 Å². The summed E-state index contributed by atoms with van der Waals surface area (Å²) in [5.74, 6) is 0. The van der Waals surface area contributed by atoms with E-state index in [-0.39, 0.29) is 0 Å². The molecule has 56 valence electrons. The Hall–Kier alpha value is -1.02. The van der Waals surface area contributed by atoms with Gasteiger partial charge >= 0.3 is 0 Å². The van der Waals surface area contributed by atoms with Crippen molar-refractivity contribution in [3.05, 3.63) is 28.9 Å². The van der Waals surface area contributed by atoms with Crippen LogP contribution in [-0.4, -0.2) is 5.16 Å². The van der Waals surface area contributed by atoms with Crippen LogP contribution in [0, 0.1) is 6.92 Å². The Morgan fingerprint density at radius 1 is 1.45 bits per heavy atom. The van der Waals surface area contributed by atoms with Gasteiger partial charge in [0.15, 0.2) is 5.58 Å². The molecule has 1 aromatic carbocycles. The Bertz CT molecular complexity index is 358. The smallest absolute Gasteiger partial charge is 0.168 e. The van der Waals surface area contributed by atoms with Crippen molar-refractivity contribution in [3.63, 3.8) is 0 Å². The Morgan fingerprint density at radius 2 is 2.27 bits per heavy atom. The minimum absolute atomic E-state index is 0.717. The molecule has 0 aliphatic carbocycles. The number of aromatic nitrogens is 1. The molecule has 0 aliphatic rings. The Balaban J connectivity index is 2.86. The zero-order valence-corrected chi connectivity index (χ0v) is 6.72. The SMILES string of the molecule is Cc1cc2cnoc2cc1Cl. The van der Waals surface area contributed by atoms with Gasteiger partial charge in [0.1, 0.15) is 0 Å². The van der Waals surface area contributed by atoms with Gasteiger partial charge in [-0.05, 0) is 18.6 Å². The van der Waals surface area contributed by atoms with Gasteiger partial charge in [0.05, 0.1) is 6.20 Å². The highest BCUT2D eigenvalue weighted by atomic mass is 35.5. The number of aryl methyl sites for hydroxylation is 1. The van der Waals surface area contributed by atoms with Gasteiger partial charge in [-0.2, -0.15) is 0 Å². The minimum atomic E-state index is 0.717. The Morgan fingerprint density at radius 3 is 3.09 bits per heavy atom. The highest BCUT2D eigenvalue weighted by molar-refractivity contribution is 6.32. The number of halogens is 1. The predicted molar refractivity (Wildman–Crippen MR) is 43.8 cm³/mol. The number of fused-ring (bicyclic) bond motifs is 1. The first-order valence-electron chi connectivity index (χ1n) is 3.28. The number of hydrogen-bond donors (Lipinski definition) is 0. The van der Waals surface area contributed by atoms with Crippen LogP contribution in [-0.2, 0) is 0 Å². The maximum Gasteiger partial charge on any atom is 0.168 e. The first kappa shape index (κ1) is 6.68. The maximum atomic E-state index is 5.86. The van der Waals surface area contributed by atoms with Gasteiger partial charge in [0.25, 0.3) is 0 Å². The third-order valence-electron chi connectivity index (χ3n) is 1.63. The van der Waals surface area contributed by atoms with Gasteiger partial charge in [-0.3, -0.25) is 0 Å². The summed E-state index contributed by atoms with van der Waals surface area (Å²) < 4.78 is 4.92. The fourth-order valence-corrected chi connectivity index (χ4v) is 1.16. The average Bonchev–Trinajstić information content (AvgIpc) is 2.36. The van der Waals surface area contributed by atoms with Crippen LogP contribution in [0.3, 0.4) is 0 Å². The molecule has 2 rings (SSSR count). The molecular formula is C8H6ClNO. The molecule has 0 unspecified atom stereocenters. The van der Waals surface area contributed by atoms with Gasteiger partial charge in [0, 0.05) is 16.5 Å². The van der Waals surface area contributed by atoms with Crippen molar-refractivity contribution in [2.75, 3.05) is 0 Å². The van der Waals surface area contributed by atoms with Crippen LogP contribution in [0.25, 0.3) is 11.0 Å². The second-order valence-electron chi connectivity index (χ2n) is 2.47. The first-order valence-corrected chi connectivity index (χ1v) is 3.66. The Labute approximate surface area is 68.7 Å². The van der Waals surface area contributed by atoms with Crippen molar-refractivity contribution in [1.29, 1.82) is 0 Å². The standard InChI is InChI=1S/C8H6ClNO/c1-5-2-6-4-10-11-8(6)3-7(5)9/h2-4H,1H3. The molecule has 1 heterocycles. The predicted octanol–water partition coefficient (Wildman–Crippen LogP) is 2.79. The molecule has 2 nitrogen and oxygen atoms in total. The highest BCUT2D eigenvalue weighted by Crippen LogP contribution is 2.22. The van der Waals surface area contributed by atoms with Crippen LogP contribution in [0.2, 0.25) is 5.02 Å². The van der Waals surface area contributed by atoms with E-state index in [9.17, 15) is 0 Å². The van der Waals surface area contributed by atoms with Crippen LogP contribution in [0.5, 0.6) is 0 Å².